The Kier molecular flexibility index (Phi) is 9.49. The minimum atomic E-state index is -0.730. The first-order valence-electron chi connectivity index (χ1n) is 15.4. The zero-order chi connectivity index (χ0) is 31.3. The van der Waals surface area contributed by atoms with Crippen LogP contribution >= 0.6 is 11.6 Å². The molecule has 45 heavy (non-hydrogen) atoms. The first-order chi connectivity index (χ1) is 21.9. The van der Waals surface area contributed by atoms with Gasteiger partial charge < -0.3 is 24.9 Å². The number of carbonyl (C=O) groups is 2. The number of nitrogens with zero attached hydrogens (tertiary/aromatic N) is 2. The molecule has 2 unspecified atom stereocenters. The summed E-state index contributed by atoms with van der Waals surface area (Å²) in [6, 6.07) is 9.72. The molecule has 3 atom stereocenters. The van der Waals surface area contributed by atoms with E-state index in [9.17, 15) is 14.7 Å². The van der Waals surface area contributed by atoms with Crippen molar-refractivity contribution in [2.75, 3.05) is 19.7 Å². The molecule has 0 saturated heterocycles. The lowest BCUT2D eigenvalue weighted by molar-refractivity contribution is 0.0507. The van der Waals surface area contributed by atoms with Crippen molar-refractivity contribution in [3.05, 3.63) is 111 Å². The number of aliphatic hydroxyl groups excluding tert-OH is 1. The second kappa shape index (κ2) is 13.9. The zero-order valence-corrected chi connectivity index (χ0v) is 25.9. The van der Waals surface area contributed by atoms with Crippen molar-refractivity contribution < 1.29 is 24.2 Å². The van der Waals surface area contributed by atoms with E-state index in [-0.39, 0.29) is 24.6 Å². The van der Waals surface area contributed by atoms with Gasteiger partial charge in [0.2, 0.25) is 0 Å². The molecule has 3 aromatic rings. The molecule has 234 valence electrons. The van der Waals surface area contributed by atoms with E-state index in [1.54, 1.807) is 53.7 Å². The van der Waals surface area contributed by atoms with Gasteiger partial charge in [-0.1, -0.05) is 41.5 Å². The number of ether oxygens (including phenoxy) is 2. The van der Waals surface area contributed by atoms with Gasteiger partial charge in [0.25, 0.3) is 5.91 Å². The fourth-order valence-electron chi connectivity index (χ4n) is 6.09. The zero-order valence-electron chi connectivity index (χ0n) is 25.2. The molecule has 0 radical (unpaired) electrons. The van der Waals surface area contributed by atoms with Crippen LogP contribution in [0.5, 0.6) is 5.75 Å². The maximum Gasteiger partial charge on any atom is 0.416 e. The van der Waals surface area contributed by atoms with Gasteiger partial charge >= 0.3 is 6.09 Å². The average Bonchev–Trinajstić information content (AvgIpc) is 3.43. The Balaban J connectivity index is 1.10. The van der Waals surface area contributed by atoms with Gasteiger partial charge in [-0.3, -0.25) is 14.7 Å². The van der Waals surface area contributed by atoms with Crippen molar-refractivity contribution in [2.24, 2.45) is 0 Å². The SMILES string of the molecule is CC1=Cc2c([nH]c3c2CCN(C(=O)Oc2ccc(Cl)cc2)[C@H]3C2=CCC(OCCC(O)CNC(=O)c3ccncc3)C=C2)CC1. The number of nitrogens with one attached hydrogen (secondary N) is 2. The number of benzene rings is 1. The smallest absolute Gasteiger partial charge is 0.410 e. The lowest BCUT2D eigenvalue weighted by atomic mass is 9.87. The maximum atomic E-state index is 13.6. The third-order valence-electron chi connectivity index (χ3n) is 8.49. The van der Waals surface area contributed by atoms with Crippen LogP contribution in [0.3, 0.4) is 0 Å². The molecule has 2 amide bonds. The van der Waals surface area contributed by atoms with Gasteiger partial charge in [0.05, 0.1) is 12.2 Å². The predicted molar refractivity (Wildman–Crippen MR) is 172 cm³/mol. The number of halogens is 1. The molecule has 1 aliphatic heterocycles. The Labute approximate surface area is 267 Å². The number of hydrogen-bond donors (Lipinski definition) is 3. The van der Waals surface area contributed by atoms with Crippen LogP contribution in [0.2, 0.25) is 5.02 Å². The molecule has 3 heterocycles. The number of fused-ring (bicyclic) bond motifs is 3. The summed E-state index contributed by atoms with van der Waals surface area (Å²) in [6.07, 6.45) is 14.0. The van der Waals surface area contributed by atoms with Crippen LogP contribution in [-0.2, 0) is 17.6 Å². The number of H-pyrrole nitrogens is 1. The van der Waals surface area contributed by atoms with E-state index in [0.717, 1.165) is 30.5 Å². The summed E-state index contributed by atoms with van der Waals surface area (Å²) in [5.74, 6) is 0.190. The molecule has 10 heteroatoms. The van der Waals surface area contributed by atoms with Crippen molar-refractivity contribution in [1.82, 2.24) is 20.2 Å². The number of rotatable bonds is 9. The van der Waals surface area contributed by atoms with Gasteiger partial charge in [-0.05, 0) is 92.1 Å². The highest BCUT2D eigenvalue weighted by atomic mass is 35.5. The van der Waals surface area contributed by atoms with Gasteiger partial charge in [0, 0.05) is 54.1 Å². The van der Waals surface area contributed by atoms with E-state index in [1.165, 1.54) is 22.4 Å². The van der Waals surface area contributed by atoms with E-state index in [2.05, 4.69) is 34.4 Å². The van der Waals surface area contributed by atoms with Gasteiger partial charge in [0.15, 0.2) is 0 Å². The number of aromatic amines is 1. The molecular formula is C35H37ClN4O5. The van der Waals surface area contributed by atoms with Crippen LogP contribution in [0.4, 0.5) is 4.79 Å². The number of allylic oxidation sites excluding steroid dienone is 1. The van der Waals surface area contributed by atoms with E-state index in [0.29, 0.717) is 42.3 Å². The number of carbonyl (C=O) groups excluding carboxylic acids is 2. The third kappa shape index (κ3) is 7.22. The molecule has 1 aromatic carbocycles. The van der Waals surface area contributed by atoms with Crippen molar-refractivity contribution in [3.8, 4) is 5.75 Å². The van der Waals surface area contributed by atoms with Crippen molar-refractivity contribution in [2.45, 2.75) is 57.3 Å². The van der Waals surface area contributed by atoms with Crippen molar-refractivity contribution >= 4 is 29.7 Å². The summed E-state index contributed by atoms with van der Waals surface area (Å²) in [6.45, 7) is 3.17. The second-order valence-corrected chi connectivity index (χ2v) is 12.1. The topological polar surface area (TPSA) is 117 Å². The summed E-state index contributed by atoms with van der Waals surface area (Å²) >= 11 is 6.03. The average molecular weight is 629 g/mol. The first-order valence-corrected chi connectivity index (χ1v) is 15.7. The lowest BCUT2D eigenvalue weighted by Gasteiger charge is -2.37. The first kappa shape index (κ1) is 30.8. The molecule has 9 nitrogen and oxygen atoms in total. The summed E-state index contributed by atoms with van der Waals surface area (Å²) in [4.78, 5) is 35.2. The van der Waals surface area contributed by atoms with Gasteiger partial charge in [-0.2, -0.15) is 0 Å². The quantitative estimate of drug-likeness (QED) is 0.269. The second-order valence-electron chi connectivity index (χ2n) is 11.7. The highest BCUT2D eigenvalue weighted by Crippen LogP contribution is 2.41. The molecule has 6 rings (SSSR count). The number of amides is 2. The fourth-order valence-corrected chi connectivity index (χ4v) is 6.21. The Morgan fingerprint density at radius 3 is 2.71 bits per heavy atom. The van der Waals surface area contributed by atoms with E-state index in [1.807, 2.05) is 12.2 Å². The normalized spacial score (nSPS) is 19.6. The molecular weight excluding hydrogens is 592 g/mol. The van der Waals surface area contributed by atoms with Crippen LogP contribution in [0.15, 0.2) is 78.2 Å². The van der Waals surface area contributed by atoms with Crippen LogP contribution in [0, 0.1) is 0 Å². The van der Waals surface area contributed by atoms with E-state index >= 15 is 0 Å². The molecule has 2 aliphatic carbocycles. The Morgan fingerprint density at radius 1 is 1.16 bits per heavy atom. The Hall–Kier alpha value is -4.18. The van der Waals surface area contributed by atoms with Crippen LogP contribution < -0.4 is 10.1 Å². The summed E-state index contributed by atoms with van der Waals surface area (Å²) < 4.78 is 11.8. The number of aliphatic hydroxyl groups is 1. The molecule has 0 saturated carbocycles. The summed E-state index contributed by atoms with van der Waals surface area (Å²) in [5, 5.41) is 13.7. The minimum Gasteiger partial charge on any atom is -0.410 e. The van der Waals surface area contributed by atoms with E-state index < -0.39 is 12.2 Å². The summed E-state index contributed by atoms with van der Waals surface area (Å²) in [7, 11) is 0. The number of aromatic nitrogens is 2. The standard InChI is InChI=1S/C35H37ClN4O5/c1-22-2-11-31-30(20-22)29-14-18-40(35(43)45-28-9-5-25(36)6-10-28)33(32(29)39-31)23-3-7-27(8-4-23)44-19-15-26(41)21-38-34(42)24-12-16-37-17-13-24/h3-7,9-10,12-13,16-17,20,26-27,33,39,41H,2,8,11,14-15,18-19,21H2,1H3,(H,38,42)/t26?,27?,33-/m0/s1. The predicted octanol–water partition coefficient (Wildman–Crippen LogP) is 5.96. The highest BCUT2D eigenvalue weighted by molar-refractivity contribution is 6.30. The number of aryl methyl sites for hydroxylation is 1. The molecule has 0 bridgehead atoms. The maximum absolute atomic E-state index is 13.6. The Bertz CT molecular complexity index is 1630. The molecule has 3 N–H and O–H groups in total. The van der Waals surface area contributed by atoms with Crippen LogP contribution in [0.1, 0.15) is 65.1 Å². The molecule has 0 spiro atoms. The highest BCUT2D eigenvalue weighted by Gasteiger charge is 2.38. The largest absolute Gasteiger partial charge is 0.416 e. The van der Waals surface area contributed by atoms with Crippen molar-refractivity contribution in [3.63, 3.8) is 0 Å². The number of hydrogen-bond acceptors (Lipinski definition) is 6. The van der Waals surface area contributed by atoms with Crippen molar-refractivity contribution in [1.29, 1.82) is 0 Å². The monoisotopic (exact) mass is 628 g/mol. The van der Waals surface area contributed by atoms with E-state index in [4.69, 9.17) is 21.1 Å². The fraction of sp³-hybridized carbons (Fsp3) is 0.343. The molecule has 2 aromatic heterocycles. The lowest BCUT2D eigenvalue weighted by Crippen LogP contribution is -2.42. The van der Waals surface area contributed by atoms with Gasteiger partial charge in [0.1, 0.15) is 11.8 Å². The van der Waals surface area contributed by atoms with Gasteiger partial charge in [-0.15, -0.1) is 0 Å². The van der Waals surface area contributed by atoms with Crippen LogP contribution in [-0.4, -0.2) is 63.9 Å². The molecule has 3 aliphatic rings. The third-order valence-corrected chi connectivity index (χ3v) is 8.74. The number of pyridine rings is 1. The Morgan fingerprint density at radius 2 is 1.96 bits per heavy atom. The van der Waals surface area contributed by atoms with Gasteiger partial charge in [-0.25, -0.2) is 4.79 Å². The minimum absolute atomic E-state index is 0.135. The molecule has 0 fully saturated rings. The van der Waals surface area contributed by atoms with Crippen LogP contribution in [0.25, 0.3) is 6.08 Å². The summed E-state index contributed by atoms with van der Waals surface area (Å²) in [5.41, 5.74) is 7.66.